The van der Waals surface area contributed by atoms with E-state index in [1.165, 1.54) is 0 Å². The standard InChI is InChI=1S/C21H22O3/c1-15-8-7-9-16(14-15)20(23)21(24,17-10-3-2-4-11-17)18-12-5-6-13-19(18)22/h2-4,7-11,14,18,24H,5-6,12-13H2,1H3. The van der Waals surface area contributed by atoms with Crippen LogP contribution in [0.25, 0.3) is 0 Å². The third kappa shape index (κ3) is 2.92. The molecule has 0 aromatic heterocycles. The molecule has 0 saturated heterocycles. The van der Waals surface area contributed by atoms with Gasteiger partial charge in [-0.25, -0.2) is 0 Å². The lowest BCUT2D eigenvalue weighted by molar-refractivity contribution is -0.133. The number of ketones is 2. The summed E-state index contributed by atoms with van der Waals surface area (Å²) in [4.78, 5) is 25.8. The fraction of sp³-hybridized carbons (Fsp3) is 0.333. The molecule has 3 heteroatoms. The number of carbonyl (C=O) groups is 2. The van der Waals surface area contributed by atoms with Crippen molar-refractivity contribution in [3.8, 4) is 0 Å². The second-order valence-corrected chi connectivity index (χ2v) is 6.60. The topological polar surface area (TPSA) is 54.4 Å². The van der Waals surface area contributed by atoms with Gasteiger partial charge in [0.2, 0.25) is 0 Å². The van der Waals surface area contributed by atoms with Gasteiger partial charge in [0.25, 0.3) is 0 Å². The van der Waals surface area contributed by atoms with Crippen LogP contribution >= 0.6 is 0 Å². The lowest BCUT2D eigenvalue weighted by Crippen LogP contribution is -2.47. The second-order valence-electron chi connectivity index (χ2n) is 6.60. The van der Waals surface area contributed by atoms with Crippen LogP contribution in [0.3, 0.4) is 0 Å². The summed E-state index contributed by atoms with van der Waals surface area (Å²) in [7, 11) is 0. The summed E-state index contributed by atoms with van der Waals surface area (Å²) in [5.41, 5.74) is 0.0924. The zero-order valence-electron chi connectivity index (χ0n) is 13.9. The molecule has 124 valence electrons. The lowest BCUT2D eigenvalue weighted by atomic mass is 9.69. The van der Waals surface area contributed by atoms with Crippen molar-refractivity contribution in [2.45, 2.75) is 38.2 Å². The number of benzene rings is 2. The molecule has 0 bridgehead atoms. The molecule has 1 fully saturated rings. The smallest absolute Gasteiger partial charge is 0.199 e. The third-order valence-corrected chi connectivity index (χ3v) is 4.90. The minimum atomic E-state index is -1.80. The molecule has 1 saturated carbocycles. The predicted molar refractivity (Wildman–Crippen MR) is 92.8 cm³/mol. The Morgan fingerprint density at radius 2 is 1.83 bits per heavy atom. The van der Waals surface area contributed by atoms with E-state index in [0.717, 1.165) is 18.4 Å². The van der Waals surface area contributed by atoms with Gasteiger partial charge < -0.3 is 5.11 Å². The molecule has 2 unspecified atom stereocenters. The molecule has 1 aliphatic rings. The van der Waals surface area contributed by atoms with Crippen LogP contribution in [0.15, 0.2) is 54.6 Å². The number of Topliss-reactive ketones (excluding diaryl/α,β-unsaturated/α-hetero) is 2. The van der Waals surface area contributed by atoms with E-state index < -0.39 is 17.3 Å². The largest absolute Gasteiger partial charge is 0.376 e. The highest BCUT2D eigenvalue weighted by Crippen LogP contribution is 2.40. The fourth-order valence-electron chi connectivity index (χ4n) is 3.61. The summed E-state index contributed by atoms with van der Waals surface area (Å²) >= 11 is 0. The Labute approximate surface area is 142 Å². The summed E-state index contributed by atoms with van der Waals surface area (Å²) in [6.45, 7) is 1.91. The van der Waals surface area contributed by atoms with E-state index in [9.17, 15) is 14.7 Å². The van der Waals surface area contributed by atoms with E-state index >= 15 is 0 Å². The number of hydrogen-bond donors (Lipinski definition) is 1. The van der Waals surface area contributed by atoms with E-state index in [1.807, 2.05) is 19.1 Å². The molecule has 1 aliphatic carbocycles. The van der Waals surface area contributed by atoms with E-state index in [1.54, 1.807) is 42.5 Å². The molecule has 3 nitrogen and oxygen atoms in total. The Balaban J connectivity index is 2.11. The summed E-state index contributed by atoms with van der Waals surface area (Å²) < 4.78 is 0. The van der Waals surface area contributed by atoms with Crippen LogP contribution in [0.5, 0.6) is 0 Å². The predicted octanol–water partition coefficient (Wildman–Crippen LogP) is 3.82. The maximum atomic E-state index is 13.3. The Hall–Kier alpha value is -2.26. The van der Waals surface area contributed by atoms with Gasteiger partial charge in [-0.1, -0.05) is 60.5 Å². The van der Waals surface area contributed by atoms with E-state index in [-0.39, 0.29) is 5.78 Å². The average Bonchev–Trinajstić information content (AvgIpc) is 2.61. The van der Waals surface area contributed by atoms with Gasteiger partial charge in [0.05, 0.1) is 5.92 Å². The maximum Gasteiger partial charge on any atom is 0.199 e. The van der Waals surface area contributed by atoms with Crippen LogP contribution in [-0.2, 0) is 10.4 Å². The minimum absolute atomic E-state index is 0.0198. The molecule has 2 atom stereocenters. The van der Waals surface area contributed by atoms with Crippen LogP contribution in [0.2, 0.25) is 0 Å². The normalized spacial score (nSPS) is 20.4. The Morgan fingerprint density at radius 3 is 2.50 bits per heavy atom. The summed E-state index contributed by atoms with van der Waals surface area (Å²) in [5, 5.41) is 11.5. The molecular formula is C21H22O3. The molecule has 2 aromatic rings. The van der Waals surface area contributed by atoms with Crippen LogP contribution in [0.4, 0.5) is 0 Å². The van der Waals surface area contributed by atoms with E-state index in [4.69, 9.17) is 0 Å². The van der Waals surface area contributed by atoms with Gasteiger partial charge in [0.1, 0.15) is 5.78 Å². The molecule has 0 amide bonds. The molecule has 0 spiro atoms. The molecular weight excluding hydrogens is 300 g/mol. The van der Waals surface area contributed by atoms with Gasteiger partial charge in [0, 0.05) is 12.0 Å². The van der Waals surface area contributed by atoms with Crippen molar-refractivity contribution in [1.29, 1.82) is 0 Å². The number of aryl methyl sites for hydroxylation is 1. The van der Waals surface area contributed by atoms with E-state index in [0.29, 0.717) is 24.0 Å². The maximum absolute atomic E-state index is 13.3. The number of rotatable bonds is 4. The van der Waals surface area contributed by atoms with Crippen molar-refractivity contribution in [2.75, 3.05) is 0 Å². The first-order valence-corrected chi connectivity index (χ1v) is 8.45. The molecule has 0 radical (unpaired) electrons. The van der Waals surface area contributed by atoms with Crippen molar-refractivity contribution in [3.05, 3.63) is 71.3 Å². The molecule has 0 heterocycles. The molecule has 0 aliphatic heterocycles. The molecule has 3 rings (SSSR count). The van der Waals surface area contributed by atoms with Gasteiger partial charge in [-0.3, -0.25) is 9.59 Å². The Kier molecular flexibility index (Phi) is 4.63. The van der Waals surface area contributed by atoms with Gasteiger partial charge in [0.15, 0.2) is 11.4 Å². The van der Waals surface area contributed by atoms with Gasteiger partial charge >= 0.3 is 0 Å². The first-order valence-electron chi connectivity index (χ1n) is 8.45. The highest BCUT2D eigenvalue weighted by molar-refractivity contribution is 6.06. The highest BCUT2D eigenvalue weighted by Gasteiger charge is 2.49. The van der Waals surface area contributed by atoms with E-state index in [2.05, 4.69) is 0 Å². The third-order valence-electron chi connectivity index (χ3n) is 4.90. The van der Waals surface area contributed by atoms with Crippen molar-refractivity contribution >= 4 is 11.6 Å². The number of carbonyl (C=O) groups excluding carboxylic acids is 2. The summed E-state index contributed by atoms with van der Waals surface area (Å²) in [5.74, 6) is -1.09. The number of hydrogen-bond acceptors (Lipinski definition) is 3. The monoisotopic (exact) mass is 322 g/mol. The molecule has 24 heavy (non-hydrogen) atoms. The molecule has 2 aromatic carbocycles. The lowest BCUT2D eigenvalue weighted by Gasteiger charge is -2.36. The van der Waals surface area contributed by atoms with Crippen LogP contribution in [0.1, 0.15) is 47.2 Å². The summed E-state index contributed by atoms with van der Waals surface area (Å²) in [6, 6.07) is 16.1. The van der Waals surface area contributed by atoms with Crippen molar-refractivity contribution in [1.82, 2.24) is 0 Å². The van der Waals surface area contributed by atoms with Crippen molar-refractivity contribution in [2.24, 2.45) is 5.92 Å². The fourth-order valence-corrected chi connectivity index (χ4v) is 3.61. The van der Waals surface area contributed by atoms with Crippen LogP contribution < -0.4 is 0 Å². The zero-order chi connectivity index (χ0) is 17.2. The first kappa shape index (κ1) is 16.6. The molecule has 1 N–H and O–H groups in total. The van der Waals surface area contributed by atoms with Gasteiger partial charge in [-0.05, 0) is 31.4 Å². The first-order chi connectivity index (χ1) is 11.5. The minimum Gasteiger partial charge on any atom is -0.376 e. The Bertz CT molecular complexity index is 751. The van der Waals surface area contributed by atoms with Gasteiger partial charge in [-0.2, -0.15) is 0 Å². The second kappa shape index (κ2) is 6.70. The summed E-state index contributed by atoms with van der Waals surface area (Å²) in [6.07, 6.45) is 2.66. The SMILES string of the molecule is Cc1cccc(C(=O)C(O)(c2ccccc2)C2CCCCC2=O)c1. The Morgan fingerprint density at radius 1 is 1.08 bits per heavy atom. The zero-order valence-corrected chi connectivity index (χ0v) is 13.9. The highest BCUT2D eigenvalue weighted by atomic mass is 16.3. The van der Waals surface area contributed by atoms with Crippen molar-refractivity contribution in [3.63, 3.8) is 0 Å². The van der Waals surface area contributed by atoms with Gasteiger partial charge in [-0.15, -0.1) is 0 Å². The average molecular weight is 322 g/mol. The van der Waals surface area contributed by atoms with Crippen molar-refractivity contribution < 1.29 is 14.7 Å². The quantitative estimate of drug-likeness (QED) is 0.871. The number of aliphatic hydroxyl groups is 1. The van der Waals surface area contributed by atoms with Crippen LogP contribution in [-0.4, -0.2) is 16.7 Å². The van der Waals surface area contributed by atoms with Crippen LogP contribution in [0, 0.1) is 12.8 Å².